The van der Waals surface area contributed by atoms with Gasteiger partial charge in [0.25, 0.3) is 0 Å². The third-order valence-electron chi connectivity index (χ3n) is 3.21. The molecule has 1 unspecified atom stereocenters. The van der Waals surface area contributed by atoms with Crippen molar-refractivity contribution in [1.82, 2.24) is 5.32 Å². The number of phenolic OH excluding ortho intramolecular Hbond substituents is 1. The molecule has 110 valence electrons. The summed E-state index contributed by atoms with van der Waals surface area (Å²) >= 11 is 0. The summed E-state index contributed by atoms with van der Waals surface area (Å²) in [5.74, 6) is -0.818. The number of carbonyl (C=O) groups is 1. The molecule has 0 radical (unpaired) electrons. The average molecular weight is 288 g/mol. The summed E-state index contributed by atoms with van der Waals surface area (Å²) in [6.07, 6.45) is -2.03. The fraction of sp³-hybridized carbons (Fsp3) is 0.462. The van der Waals surface area contributed by atoms with Crippen molar-refractivity contribution in [2.75, 3.05) is 11.9 Å². The number of amides is 1. The lowest BCUT2D eigenvalue weighted by atomic mass is 10.0. The van der Waals surface area contributed by atoms with Crippen LogP contribution in [-0.4, -0.2) is 23.6 Å². The van der Waals surface area contributed by atoms with Gasteiger partial charge in [0.2, 0.25) is 5.91 Å². The molecule has 4 nitrogen and oxygen atoms in total. The van der Waals surface area contributed by atoms with Gasteiger partial charge in [-0.2, -0.15) is 13.2 Å². The lowest BCUT2D eigenvalue weighted by Gasteiger charge is -2.23. The van der Waals surface area contributed by atoms with Gasteiger partial charge in [0.15, 0.2) is 0 Å². The van der Waals surface area contributed by atoms with Gasteiger partial charge in [-0.15, -0.1) is 0 Å². The van der Waals surface area contributed by atoms with Crippen molar-refractivity contribution in [2.45, 2.75) is 31.5 Å². The zero-order valence-corrected chi connectivity index (χ0v) is 10.6. The lowest BCUT2D eigenvalue weighted by Crippen LogP contribution is -2.43. The SMILES string of the molecule is O=C(Nc1cc(C(F)(F)F)ccc1O)C1CCCCN1. The summed E-state index contributed by atoms with van der Waals surface area (Å²) < 4.78 is 37.8. The number of aromatic hydroxyl groups is 1. The number of piperidine rings is 1. The Kier molecular flexibility index (Phi) is 4.17. The minimum absolute atomic E-state index is 0.225. The van der Waals surface area contributed by atoms with Gasteiger partial charge in [0.05, 0.1) is 17.3 Å². The Balaban J connectivity index is 2.13. The molecule has 0 spiro atoms. The summed E-state index contributed by atoms with van der Waals surface area (Å²) in [5, 5.41) is 14.9. The molecule has 0 aromatic heterocycles. The van der Waals surface area contributed by atoms with Crippen LogP contribution in [-0.2, 0) is 11.0 Å². The van der Waals surface area contributed by atoms with Gasteiger partial charge >= 0.3 is 6.18 Å². The van der Waals surface area contributed by atoms with Crippen LogP contribution in [0.4, 0.5) is 18.9 Å². The number of nitrogens with one attached hydrogen (secondary N) is 2. The zero-order chi connectivity index (χ0) is 14.8. The number of phenols is 1. The number of benzene rings is 1. The minimum atomic E-state index is -4.52. The predicted molar refractivity (Wildman–Crippen MR) is 67.4 cm³/mol. The first-order valence-corrected chi connectivity index (χ1v) is 6.32. The van der Waals surface area contributed by atoms with Crippen LogP contribution in [0, 0.1) is 0 Å². The summed E-state index contributed by atoms with van der Waals surface area (Å²) in [6, 6.07) is 1.99. The van der Waals surface area contributed by atoms with E-state index in [1.165, 1.54) is 0 Å². The highest BCUT2D eigenvalue weighted by Crippen LogP contribution is 2.34. The highest BCUT2D eigenvalue weighted by molar-refractivity contribution is 5.96. The molecule has 1 aromatic rings. The second kappa shape index (κ2) is 5.70. The summed E-state index contributed by atoms with van der Waals surface area (Å²) in [5.41, 5.74) is -1.14. The zero-order valence-electron chi connectivity index (χ0n) is 10.6. The molecular formula is C13H15F3N2O2. The lowest BCUT2D eigenvalue weighted by molar-refractivity contribution is -0.137. The molecule has 1 saturated heterocycles. The molecule has 1 atom stereocenters. The van der Waals surface area contributed by atoms with Gasteiger partial charge in [-0.1, -0.05) is 6.42 Å². The van der Waals surface area contributed by atoms with E-state index >= 15 is 0 Å². The minimum Gasteiger partial charge on any atom is -0.506 e. The van der Waals surface area contributed by atoms with E-state index in [2.05, 4.69) is 10.6 Å². The van der Waals surface area contributed by atoms with Crippen molar-refractivity contribution >= 4 is 11.6 Å². The highest BCUT2D eigenvalue weighted by atomic mass is 19.4. The number of hydrogen-bond donors (Lipinski definition) is 3. The molecule has 1 aliphatic heterocycles. The maximum atomic E-state index is 12.6. The van der Waals surface area contributed by atoms with Crippen molar-refractivity contribution in [3.8, 4) is 5.75 Å². The van der Waals surface area contributed by atoms with Crippen LogP contribution in [0.25, 0.3) is 0 Å². The van der Waals surface area contributed by atoms with Gasteiger partial charge in [-0.05, 0) is 37.6 Å². The molecule has 2 rings (SSSR count). The molecule has 1 fully saturated rings. The number of anilines is 1. The molecule has 1 aliphatic rings. The van der Waals surface area contributed by atoms with E-state index in [1.54, 1.807) is 0 Å². The van der Waals surface area contributed by atoms with Crippen LogP contribution in [0.2, 0.25) is 0 Å². The van der Waals surface area contributed by atoms with E-state index in [1.807, 2.05) is 0 Å². The van der Waals surface area contributed by atoms with Gasteiger partial charge < -0.3 is 15.7 Å². The number of halogens is 3. The van der Waals surface area contributed by atoms with E-state index in [0.29, 0.717) is 13.0 Å². The Morgan fingerprint density at radius 2 is 2.10 bits per heavy atom. The van der Waals surface area contributed by atoms with Crippen molar-refractivity contribution in [3.05, 3.63) is 23.8 Å². The number of alkyl halides is 3. The third-order valence-corrected chi connectivity index (χ3v) is 3.21. The van der Waals surface area contributed by atoms with Gasteiger partial charge in [-0.3, -0.25) is 4.79 Å². The first-order chi connectivity index (χ1) is 9.38. The fourth-order valence-corrected chi connectivity index (χ4v) is 2.11. The van der Waals surface area contributed by atoms with Crippen molar-refractivity contribution in [2.24, 2.45) is 0 Å². The predicted octanol–water partition coefficient (Wildman–Crippen LogP) is 2.49. The molecule has 0 aliphatic carbocycles. The summed E-state index contributed by atoms with van der Waals surface area (Å²) in [7, 11) is 0. The quantitative estimate of drug-likeness (QED) is 0.733. The molecule has 1 heterocycles. The molecule has 0 bridgehead atoms. The third kappa shape index (κ3) is 3.41. The Morgan fingerprint density at radius 3 is 2.70 bits per heavy atom. The number of rotatable bonds is 2. The van der Waals surface area contributed by atoms with E-state index in [9.17, 15) is 23.1 Å². The summed E-state index contributed by atoms with van der Waals surface area (Å²) in [4.78, 5) is 11.9. The second-order valence-corrected chi connectivity index (χ2v) is 4.72. The van der Waals surface area contributed by atoms with E-state index in [-0.39, 0.29) is 11.4 Å². The van der Waals surface area contributed by atoms with E-state index in [4.69, 9.17) is 0 Å². The standard InChI is InChI=1S/C13H15F3N2O2/c14-13(15,16)8-4-5-11(19)10(7-8)18-12(20)9-3-1-2-6-17-9/h4-5,7,9,17,19H,1-3,6H2,(H,18,20). The van der Waals surface area contributed by atoms with Crippen molar-refractivity contribution < 1.29 is 23.1 Å². The molecule has 7 heteroatoms. The second-order valence-electron chi connectivity index (χ2n) is 4.72. The van der Waals surface area contributed by atoms with Gasteiger partial charge in [-0.25, -0.2) is 0 Å². The number of carbonyl (C=O) groups excluding carboxylic acids is 1. The number of hydrogen-bond acceptors (Lipinski definition) is 3. The molecule has 20 heavy (non-hydrogen) atoms. The monoisotopic (exact) mass is 288 g/mol. The Bertz CT molecular complexity index is 497. The summed E-state index contributed by atoms with van der Waals surface area (Å²) in [6.45, 7) is 0.701. The highest BCUT2D eigenvalue weighted by Gasteiger charge is 2.31. The maximum absolute atomic E-state index is 12.6. The molecule has 1 aromatic carbocycles. The molecule has 3 N–H and O–H groups in total. The molecule has 0 saturated carbocycles. The Morgan fingerprint density at radius 1 is 1.35 bits per heavy atom. The van der Waals surface area contributed by atoms with Crippen LogP contribution in [0.5, 0.6) is 5.75 Å². The van der Waals surface area contributed by atoms with Crippen LogP contribution in [0.15, 0.2) is 18.2 Å². The van der Waals surface area contributed by atoms with Crippen LogP contribution < -0.4 is 10.6 Å². The van der Waals surface area contributed by atoms with E-state index in [0.717, 1.165) is 31.0 Å². The van der Waals surface area contributed by atoms with Gasteiger partial charge in [0, 0.05) is 0 Å². The smallest absolute Gasteiger partial charge is 0.416 e. The van der Waals surface area contributed by atoms with Gasteiger partial charge in [0.1, 0.15) is 5.75 Å². The van der Waals surface area contributed by atoms with Crippen molar-refractivity contribution in [3.63, 3.8) is 0 Å². The molecular weight excluding hydrogens is 273 g/mol. The largest absolute Gasteiger partial charge is 0.506 e. The fourth-order valence-electron chi connectivity index (χ4n) is 2.11. The molecule has 1 amide bonds. The Labute approximate surface area is 114 Å². The van der Waals surface area contributed by atoms with Crippen LogP contribution >= 0.6 is 0 Å². The normalized spacial score (nSPS) is 19.6. The average Bonchev–Trinajstić information content (AvgIpc) is 2.41. The van der Waals surface area contributed by atoms with E-state index < -0.39 is 23.7 Å². The first kappa shape index (κ1) is 14.6. The first-order valence-electron chi connectivity index (χ1n) is 6.32. The van der Waals surface area contributed by atoms with Crippen LogP contribution in [0.1, 0.15) is 24.8 Å². The maximum Gasteiger partial charge on any atom is 0.416 e. The van der Waals surface area contributed by atoms with Crippen molar-refractivity contribution in [1.29, 1.82) is 0 Å². The topological polar surface area (TPSA) is 61.4 Å². The van der Waals surface area contributed by atoms with Crippen LogP contribution in [0.3, 0.4) is 0 Å². The Hall–Kier alpha value is -1.76.